The largest absolute Gasteiger partial charge is 0.354 e. The van der Waals surface area contributed by atoms with Gasteiger partial charge in [-0.2, -0.15) is 0 Å². The second-order valence-corrected chi connectivity index (χ2v) is 9.12. The first kappa shape index (κ1) is 23.3. The van der Waals surface area contributed by atoms with Crippen LogP contribution in [-0.2, 0) is 11.8 Å². The predicted octanol–water partition coefficient (Wildman–Crippen LogP) is 9.10. The van der Waals surface area contributed by atoms with Crippen molar-refractivity contribution in [2.24, 2.45) is 0 Å². The molecule has 0 aromatic heterocycles. The number of allylic oxidation sites excluding steroid dienone is 5. The lowest BCUT2D eigenvalue weighted by molar-refractivity contribution is 0.592. The van der Waals surface area contributed by atoms with E-state index in [1.54, 1.807) is 0 Å². The van der Waals surface area contributed by atoms with E-state index in [2.05, 4.69) is 112 Å². The lowest BCUT2D eigenvalue weighted by Crippen LogP contribution is -2.14. The van der Waals surface area contributed by atoms with Crippen LogP contribution in [0.25, 0.3) is 16.7 Å². The van der Waals surface area contributed by atoms with Crippen molar-refractivity contribution < 1.29 is 0 Å². The summed E-state index contributed by atoms with van der Waals surface area (Å²) in [5.41, 5.74) is 9.36. The summed E-state index contributed by atoms with van der Waals surface area (Å²) < 4.78 is 0. The van der Waals surface area contributed by atoms with Crippen LogP contribution >= 0.6 is 0 Å². The predicted molar refractivity (Wildman–Crippen MR) is 143 cm³/mol. The van der Waals surface area contributed by atoms with E-state index in [0.717, 1.165) is 28.9 Å². The first-order valence-electron chi connectivity index (χ1n) is 11.4. The van der Waals surface area contributed by atoms with E-state index < -0.39 is 0 Å². The normalized spacial score (nSPS) is 11.9. The van der Waals surface area contributed by atoms with Crippen molar-refractivity contribution in [1.29, 1.82) is 0 Å². The molecule has 0 heterocycles. The Bertz CT molecular complexity index is 1120. The zero-order valence-electron chi connectivity index (χ0n) is 20.1. The van der Waals surface area contributed by atoms with Crippen LogP contribution in [0.2, 0.25) is 0 Å². The van der Waals surface area contributed by atoms with Gasteiger partial charge in [0.25, 0.3) is 0 Å². The third-order valence-electron chi connectivity index (χ3n) is 5.63. The van der Waals surface area contributed by atoms with Crippen molar-refractivity contribution in [2.45, 2.75) is 46.5 Å². The number of anilines is 2. The fourth-order valence-electron chi connectivity index (χ4n) is 3.92. The molecule has 0 atom stereocenters. The summed E-state index contributed by atoms with van der Waals surface area (Å²) in [5, 5.41) is 3.79. The van der Waals surface area contributed by atoms with E-state index in [9.17, 15) is 0 Å². The molecule has 0 spiro atoms. The summed E-state index contributed by atoms with van der Waals surface area (Å²) in [5.74, 6) is 0. The van der Waals surface area contributed by atoms with Gasteiger partial charge >= 0.3 is 0 Å². The summed E-state index contributed by atoms with van der Waals surface area (Å²) >= 11 is 0. The third kappa shape index (κ3) is 5.48. The van der Waals surface area contributed by atoms with Gasteiger partial charge in [0.05, 0.1) is 5.69 Å². The second kappa shape index (κ2) is 10.3. The zero-order valence-corrected chi connectivity index (χ0v) is 20.1. The molecule has 3 aromatic rings. The fourth-order valence-corrected chi connectivity index (χ4v) is 3.92. The Balaban J connectivity index is 2.29. The molecular formula is C31H35N. The smallest absolute Gasteiger partial charge is 0.0546 e. The summed E-state index contributed by atoms with van der Waals surface area (Å²) in [4.78, 5) is 0. The molecule has 32 heavy (non-hydrogen) atoms. The van der Waals surface area contributed by atoms with E-state index in [1.165, 1.54) is 22.3 Å². The Kier molecular flexibility index (Phi) is 7.53. The minimum atomic E-state index is -0.00643. The summed E-state index contributed by atoms with van der Waals surface area (Å²) in [6.07, 6.45) is 9.19. The van der Waals surface area contributed by atoms with Gasteiger partial charge in [-0.25, -0.2) is 0 Å². The molecular weight excluding hydrogens is 386 g/mol. The van der Waals surface area contributed by atoms with Crippen LogP contribution in [0.3, 0.4) is 0 Å². The molecule has 0 aliphatic carbocycles. The molecule has 0 fully saturated rings. The Morgan fingerprint density at radius 1 is 0.938 bits per heavy atom. The molecule has 0 unspecified atom stereocenters. The molecule has 1 heteroatoms. The quantitative estimate of drug-likeness (QED) is 0.375. The average Bonchev–Trinajstić information content (AvgIpc) is 2.79. The van der Waals surface area contributed by atoms with Crippen molar-refractivity contribution in [2.75, 3.05) is 5.32 Å². The Morgan fingerprint density at radius 2 is 1.69 bits per heavy atom. The van der Waals surface area contributed by atoms with Crippen LogP contribution < -0.4 is 5.32 Å². The number of nitrogens with one attached hydrogen (secondary N) is 1. The molecule has 1 N–H and O–H groups in total. The van der Waals surface area contributed by atoms with Gasteiger partial charge in [0.2, 0.25) is 0 Å². The number of rotatable bonds is 7. The van der Waals surface area contributed by atoms with Crippen LogP contribution in [0.1, 0.15) is 51.3 Å². The number of hydrogen-bond acceptors (Lipinski definition) is 1. The van der Waals surface area contributed by atoms with E-state index in [4.69, 9.17) is 0 Å². The van der Waals surface area contributed by atoms with E-state index >= 15 is 0 Å². The molecule has 3 aromatic carbocycles. The first-order valence-corrected chi connectivity index (χ1v) is 11.4. The van der Waals surface area contributed by atoms with Gasteiger partial charge in [0, 0.05) is 16.8 Å². The van der Waals surface area contributed by atoms with Crippen molar-refractivity contribution in [3.05, 3.63) is 114 Å². The van der Waals surface area contributed by atoms with Crippen LogP contribution in [0.5, 0.6) is 0 Å². The van der Waals surface area contributed by atoms with Crippen LogP contribution in [0, 0.1) is 0 Å². The monoisotopic (exact) mass is 421 g/mol. The van der Waals surface area contributed by atoms with Crippen LogP contribution in [0.4, 0.5) is 11.4 Å². The molecule has 164 valence electrons. The Labute approximate surface area is 194 Å². The maximum Gasteiger partial charge on any atom is 0.0546 e. The van der Waals surface area contributed by atoms with Gasteiger partial charge in [0.1, 0.15) is 0 Å². The molecule has 0 bridgehead atoms. The minimum Gasteiger partial charge on any atom is -0.354 e. The average molecular weight is 422 g/mol. The summed E-state index contributed by atoms with van der Waals surface area (Å²) in [7, 11) is 0. The van der Waals surface area contributed by atoms with E-state index in [-0.39, 0.29) is 5.41 Å². The SMILES string of the molecule is C=C(/C=C\C=C/C)c1ccc(C(C)(C)C)c(-c2ccccc2)c1Nc1cccc(CC)c1. The maximum absolute atomic E-state index is 4.40. The minimum absolute atomic E-state index is 0.00643. The molecule has 0 saturated heterocycles. The molecule has 0 radical (unpaired) electrons. The van der Waals surface area contributed by atoms with Crippen molar-refractivity contribution >= 4 is 16.9 Å². The third-order valence-corrected chi connectivity index (χ3v) is 5.63. The first-order chi connectivity index (χ1) is 15.3. The summed E-state index contributed by atoms with van der Waals surface area (Å²) in [6.45, 7) is 15.4. The van der Waals surface area contributed by atoms with Gasteiger partial charge < -0.3 is 5.32 Å². The van der Waals surface area contributed by atoms with Crippen LogP contribution in [0.15, 0.2) is 97.6 Å². The Morgan fingerprint density at radius 3 is 2.34 bits per heavy atom. The van der Waals surface area contributed by atoms with Gasteiger partial charge in [-0.05, 0) is 53.2 Å². The van der Waals surface area contributed by atoms with Crippen LogP contribution in [-0.4, -0.2) is 0 Å². The molecule has 3 rings (SSSR count). The zero-order chi connectivity index (χ0) is 23.1. The van der Waals surface area contributed by atoms with Crippen molar-refractivity contribution in [3.8, 4) is 11.1 Å². The number of aryl methyl sites for hydroxylation is 1. The highest BCUT2D eigenvalue weighted by atomic mass is 14.9. The lowest BCUT2D eigenvalue weighted by Gasteiger charge is -2.28. The molecule has 1 nitrogen and oxygen atoms in total. The second-order valence-electron chi connectivity index (χ2n) is 9.12. The molecule has 0 saturated carbocycles. The van der Waals surface area contributed by atoms with E-state index in [1.807, 2.05) is 25.2 Å². The number of benzene rings is 3. The van der Waals surface area contributed by atoms with Gasteiger partial charge in [-0.15, -0.1) is 0 Å². The lowest BCUT2D eigenvalue weighted by atomic mass is 9.79. The van der Waals surface area contributed by atoms with Gasteiger partial charge in [-0.3, -0.25) is 0 Å². The fraction of sp³-hybridized carbons (Fsp3) is 0.226. The highest BCUT2D eigenvalue weighted by molar-refractivity contribution is 5.94. The van der Waals surface area contributed by atoms with Gasteiger partial charge in [-0.1, -0.05) is 113 Å². The maximum atomic E-state index is 4.40. The van der Waals surface area contributed by atoms with Gasteiger partial charge in [0.15, 0.2) is 0 Å². The summed E-state index contributed by atoms with van der Waals surface area (Å²) in [6, 6.07) is 23.8. The Hall–Kier alpha value is -3.32. The topological polar surface area (TPSA) is 12.0 Å². The molecule has 0 amide bonds. The number of hydrogen-bond donors (Lipinski definition) is 1. The molecule has 0 aliphatic rings. The van der Waals surface area contributed by atoms with Crippen molar-refractivity contribution in [3.63, 3.8) is 0 Å². The molecule has 0 aliphatic heterocycles. The highest BCUT2D eigenvalue weighted by Crippen LogP contribution is 2.43. The van der Waals surface area contributed by atoms with E-state index in [0.29, 0.717) is 0 Å². The van der Waals surface area contributed by atoms with Crippen molar-refractivity contribution in [1.82, 2.24) is 0 Å². The highest BCUT2D eigenvalue weighted by Gasteiger charge is 2.24. The standard InChI is InChI=1S/C31H35N/c1-7-9-11-15-23(3)27-20-21-28(31(4,5)6)29(25-17-12-10-13-18-25)30(27)32-26-19-14-16-24(8-2)22-26/h7,9-22,32H,3,8H2,1-2,4-6H3/b9-7-,15-11-.